The normalized spacial score (nSPS) is 26.4. The van der Waals surface area contributed by atoms with Crippen LogP contribution in [0.4, 0.5) is 11.5 Å². The van der Waals surface area contributed by atoms with E-state index in [9.17, 15) is 0 Å². The summed E-state index contributed by atoms with van der Waals surface area (Å²) in [6.45, 7) is 5.33. The maximum absolute atomic E-state index is 6.45. The van der Waals surface area contributed by atoms with Crippen molar-refractivity contribution in [2.75, 3.05) is 58.9 Å². The molecule has 0 aliphatic carbocycles. The Bertz CT molecular complexity index is 1290. The van der Waals surface area contributed by atoms with Crippen LogP contribution in [0.15, 0.2) is 41.1 Å². The molecule has 0 bridgehead atoms. The second kappa shape index (κ2) is 10.5. The van der Waals surface area contributed by atoms with Crippen LogP contribution in [0, 0.1) is 0 Å². The van der Waals surface area contributed by atoms with Gasteiger partial charge in [-0.15, -0.1) is 0 Å². The van der Waals surface area contributed by atoms with E-state index in [-0.39, 0.29) is 24.4 Å². The van der Waals surface area contributed by atoms with Crippen LogP contribution in [0.3, 0.4) is 0 Å². The number of fused-ring (bicyclic) bond motifs is 2. The molecule has 4 heterocycles. The van der Waals surface area contributed by atoms with E-state index in [1.165, 1.54) is 6.33 Å². The van der Waals surface area contributed by atoms with E-state index in [1.54, 1.807) is 7.11 Å². The lowest BCUT2D eigenvalue weighted by Gasteiger charge is -2.37. The summed E-state index contributed by atoms with van der Waals surface area (Å²) in [6, 6.07) is 9.68. The molecule has 2 aromatic carbocycles. The number of nitrogens with one attached hydrogen (secondary N) is 1. The standard InChI is InChI=1S/C26H29BrClN5O4/c1-32-5-7-33(8-6-32)20-12-35-25-23(13-36-24(20)25)37-22-11-19-16(10-21(22)34-2)26(30-14-29-19)31-15-3-4-17(27)18(28)9-15/h3-4,9-11,14,20,23-25H,5-8,12-13H2,1-2H3,(H,29,30,31)/t20?,23-,24+,25+/m1/s1. The molecule has 1 N–H and O–H groups in total. The third-order valence-electron chi connectivity index (χ3n) is 7.37. The first-order valence-corrected chi connectivity index (χ1v) is 13.5. The van der Waals surface area contributed by atoms with Crippen molar-refractivity contribution < 1.29 is 18.9 Å². The quantitative estimate of drug-likeness (QED) is 0.459. The lowest BCUT2D eigenvalue weighted by molar-refractivity contribution is 0.0121. The van der Waals surface area contributed by atoms with Crippen molar-refractivity contribution >= 4 is 49.9 Å². The molecule has 1 aromatic heterocycles. The molecule has 196 valence electrons. The molecule has 3 aliphatic heterocycles. The van der Waals surface area contributed by atoms with Crippen molar-refractivity contribution in [1.82, 2.24) is 19.8 Å². The number of methoxy groups -OCH3 is 1. The van der Waals surface area contributed by atoms with Gasteiger partial charge in [0.25, 0.3) is 0 Å². The largest absolute Gasteiger partial charge is 0.493 e. The van der Waals surface area contributed by atoms with E-state index in [0.29, 0.717) is 35.6 Å². The van der Waals surface area contributed by atoms with Gasteiger partial charge in [-0.2, -0.15) is 0 Å². The zero-order valence-corrected chi connectivity index (χ0v) is 23.0. The number of rotatable bonds is 6. The van der Waals surface area contributed by atoms with Gasteiger partial charge in [-0.25, -0.2) is 9.97 Å². The summed E-state index contributed by atoms with van der Waals surface area (Å²) in [7, 11) is 3.79. The molecule has 9 nitrogen and oxygen atoms in total. The van der Waals surface area contributed by atoms with Gasteiger partial charge in [0.1, 0.15) is 24.4 Å². The van der Waals surface area contributed by atoms with Gasteiger partial charge in [0.2, 0.25) is 0 Å². The van der Waals surface area contributed by atoms with Crippen molar-refractivity contribution in [3.05, 3.63) is 46.2 Å². The van der Waals surface area contributed by atoms with Crippen molar-refractivity contribution in [2.45, 2.75) is 24.4 Å². The first-order chi connectivity index (χ1) is 18.0. The van der Waals surface area contributed by atoms with Crippen LogP contribution >= 0.6 is 27.5 Å². The zero-order chi connectivity index (χ0) is 25.5. The molecule has 3 aromatic rings. The van der Waals surface area contributed by atoms with Gasteiger partial charge in [0.15, 0.2) is 17.6 Å². The summed E-state index contributed by atoms with van der Waals surface area (Å²) < 4.78 is 25.4. The highest BCUT2D eigenvalue weighted by molar-refractivity contribution is 9.10. The van der Waals surface area contributed by atoms with E-state index in [2.05, 4.69) is 48.1 Å². The summed E-state index contributed by atoms with van der Waals surface area (Å²) in [5.41, 5.74) is 1.55. The van der Waals surface area contributed by atoms with Crippen LogP contribution in [0.2, 0.25) is 5.02 Å². The molecule has 6 rings (SSSR count). The third-order valence-corrected chi connectivity index (χ3v) is 8.60. The number of hydrogen-bond donors (Lipinski definition) is 1. The lowest BCUT2D eigenvalue weighted by Crippen LogP contribution is -2.53. The third kappa shape index (κ3) is 4.98. The number of anilines is 2. The number of aromatic nitrogens is 2. The molecule has 3 fully saturated rings. The average molecular weight is 591 g/mol. The minimum absolute atomic E-state index is 0.00992. The summed E-state index contributed by atoms with van der Waals surface area (Å²) in [6.07, 6.45) is 1.19. The Morgan fingerprint density at radius 3 is 2.62 bits per heavy atom. The lowest BCUT2D eigenvalue weighted by atomic mass is 10.1. The van der Waals surface area contributed by atoms with E-state index in [0.717, 1.165) is 47.2 Å². The van der Waals surface area contributed by atoms with Crippen molar-refractivity contribution in [2.24, 2.45) is 0 Å². The van der Waals surface area contributed by atoms with Crippen molar-refractivity contribution in [3.63, 3.8) is 0 Å². The zero-order valence-electron chi connectivity index (χ0n) is 20.7. The number of likely N-dealkylation sites (N-methyl/N-ethyl adjacent to an activating group) is 1. The molecule has 3 aliphatic rings. The highest BCUT2D eigenvalue weighted by atomic mass is 79.9. The molecule has 0 radical (unpaired) electrons. The fourth-order valence-electron chi connectivity index (χ4n) is 5.30. The van der Waals surface area contributed by atoms with Crippen LogP contribution in [0.5, 0.6) is 11.5 Å². The van der Waals surface area contributed by atoms with Crippen molar-refractivity contribution in [1.29, 1.82) is 0 Å². The van der Waals surface area contributed by atoms with Gasteiger partial charge in [0.05, 0.1) is 36.9 Å². The van der Waals surface area contributed by atoms with Crippen molar-refractivity contribution in [3.8, 4) is 11.5 Å². The molecule has 0 saturated carbocycles. The number of ether oxygens (including phenoxy) is 4. The van der Waals surface area contributed by atoms with Gasteiger partial charge < -0.3 is 29.2 Å². The second-order valence-corrected chi connectivity index (χ2v) is 10.9. The number of piperazine rings is 1. The predicted molar refractivity (Wildman–Crippen MR) is 145 cm³/mol. The fourth-order valence-corrected chi connectivity index (χ4v) is 5.73. The summed E-state index contributed by atoms with van der Waals surface area (Å²) in [4.78, 5) is 13.8. The molecule has 3 saturated heterocycles. The number of hydrogen-bond acceptors (Lipinski definition) is 9. The first kappa shape index (κ1) is 25.1. The molecule has 11 heteroatoms. The SMILES string of the molecule is COc1cc2c(Nc3ccc(Br)c(Cl)c3)ncnc2cc1O[C@@H]1CO[C@H]2C(N3CCN(C)CC3)CO[C@@H]12. The van der Waals surface area contributed by atoms with E-state index in [1.807, 2.05) is 30.3 Å². The summed E-state index contributed by atoms with van der Waals surface area (Å²) >= 11 is 9.69. The molecule has 1 unspecified atom stereocenters. The molecule has 0 amide bonds. The number of nitrogens with zero attached hydrogens (tertiary/aromatic N) is 4. The Hall–Kier alpha value is -2.21. The minimum atomic E-state index is -0.224. The van der Waals surface area contributed by atoms with Gasteiger partial charge in [-0.3, -0.25) is 4.90 Å². The maximum Gasteiger partial charge on any atom is 0.164 e. The second-order valence-electron chi connectivity index (χ2n) is 9.66. The fraction of sp³-hybridized carbons (Fsp3) is 0.462. The van der Waals surface area contributed by atoms with Crippen LogP contribution in [0.25, 0.3) is 10.9 Å². The van der Waals surface area contributed by atoms with Gasteiger partial charge in [-0.05, 0) is 47.2 Å². The molecular weight excluding hydrogens is 562 g/mol. The molecule has 37 heavy (non-hydrogen) atoms. The monoisotopic (exact) mass is 589 g/mol. The van der Waals surface area contributed by atoms with E-state index < -0.39 is 0 Å². The Balaban J connectivity index is 1.21. The maximum atomic E-state index is 6.45. The van der Waals surface area contributed by atoms with E-state index >= 15 is 0 Å². The van der Waals surface area contributed by atoms with Gasteiger partial charge in [-0.1, -0.05) is 11.6 Å². The molecule has 0 spiro atoms. The van der Waals surface area contributed by atoms with Crippen LogP contribution < -0.4 is 14.8 Å². The van der Waals surface area contributed by atoms with E-state index in [4.69, 9.17) is 30.5 Å². The van der Waals surface area contributed by atoms with Gasteiger partial charge >= 0.3 is 0 Å². The average Bonchev–Trinajstić information content (AvgIpc) is 3.50. The molecule has 4 atom stereocenters. The number of halogens is 2. The Morgan fingerprint density at radius 1 is 1.03 bits per heavy atom. The highest BCUT2D eigenvalue weighted by Gasteiger charge is 2.51. The predicted octanol–water partition coefficient (Wildman–Crippen LogP) is 3.96. The summed E-state index contributed by atoms with van der Waals surface area (Å²) in [5.74, 6) is 1.84. The Morgan fingerprint density at radius 2 is 1.84 bits per heavy atom. The van der Waals surface area contributed by atoms with Crippen LogP contribution in [-0.4, -0.2) is 97.7 Å². The Kier molecular flexibility index (Phi) is 7.13. The van der Waals surface area contributed by atoms with Gasteiger partial charge in [0, 0.05) is 47.8 Å². The number of benzene rings is 2. The van der Waals surface area contributed by atoms with Crippen LogP contribution in [-0.2, 0) is 9.47 Å². The Labute approximate surface area is 229 Å². The first-order valence-electron chi connectivity index (χ1n) is 12.4. The van der Waals surface area contributed by atoms with Crippen LogP contribution in [0.1, 0.15) is 0 Å². The topological polar surface area (TPSA) is 81.2 Å². The minimum Gasteiger partial charge on any atom is -0.493 e. The highest BCUT2D eigenvalue weighted by Crippen LogP contribution is 2.39. The smallest absolute Gasteiger partial charge is 0.164 e. The summed E-state index contributed by atoms with van der Waals surface area (Å²) in [5, 5.41) is 4.74. The molecular formula is C26H29BrClN5O4.